The summed E-state index contributed by atoms with van der Waals surface area (Å²) in [5.74, 6) is -0.313. The van der Waals surface area contributed by atoms with Crippen LogP contribution < -0.4 is 0 Å². The van der Waals surface area contributed by atoms with Crippen molar-refractivity contribution in [3.05, 3.63) is 0 Å². The van der Waals surface area contributed by atoms with E-state index in [0.717, 1.165) is 12.8 Å². The van der Waals surface area contributed by atoms with E-state index in [2.05, 4.69) is 0 Å². The Morgan fingerprint density at radius 2 is 2.09 bits per heavy atom. The van der Waals surface area contributed by atoms with Crippen LogP contribution in [0.3, 0.4) is 0 Å². The Kier molecular flexibility index (Phi) is 3.18. The summed E-state index contributed by atoms with van der Waals surface area (Å²) in [4.78, 5) is 10.4. The number of carbonyl (C=O) groups is 1. The van der Waals surface area contributed by atoms with Gasteiger partial charge in [-0.05, 0) is 12.3 Å². The van der Waals surface area contributed by atoms with Gasteiger partial charge in [0.15, 0.2) is 0 Å². The summed E-state index contributed by atoms with van der Waals surface area (Å²) in [6, 6.07) is 0. The van der Waals surface area contributed by atoms with Crippen molar-refractivity contribution in [3.8, 4) is 0 Å². The molecule has 0 aliphatic heterocycles. The third kappa shape index (κ3) is 2.70. The van der Waals surface area contributed by atoms with Crippen molar-refractivity contribution in [1.82, 2.24) is 0 Å². The van der Waals surface area contributed by atoms with Gasteiger partial charge in [0.25, 0.3) is 0 Å². The monoisotopic (exact) mass is 176 g/mol. The van der Waals surface area contributed by atoms with Gasteiger partial charge < -0.3 is 5.11 Å². The van der Waals surface area contributed by atoms with Crippen LogP contribution in [0.25, 0.3) is 0 Å². The second-order valence-electron chi connectivity index (χ2n) is 3.19. The Morgan fingerprint density at radius 3 is 2.55 bits per heavy atom. The van der Waals surface area contributed by atoms with Crippen molar-refractivity contribution < 1.29 is 9.90 Å². The molecule has 11 heavy (non-hydrogen) atoms. The zero-order valence-corrected chi connectivity index (χ0v) is 7.18. The first kappa shape index (κ1) is 8.85. The Labute approximate surface area is 71.5 Å². The van der Waals surface area contributed by atoms with Crippen LogP contribution in [0.2, 0.25) is 0 Å². The average Bonchev–Trinajstić information content (AvgIpc) is 2.39. The van der Waals surface area contributed by atoms with E-state index >= 15 is 0 Å². The summed E-state index contributed by atoms with van der Waals surface area (Å²) < 4.78 is 0. The topological polar surface area (TPSA) is 37.3 Å². The van der Waals surface area contributed by atoms with Crippen molar-refractivity contribution in [2.75, 3.05) is 0 Å². The minimum atomic E-state index is -0.876. The molecule has 0 heterocycles. The number of halogens is 1. The lowest BCUT2D eigenvalue weighted by Gasteiger charge is -2.09. The molecule has 0 aromatic carbocycles. The number of alkyl halides is 1. The Hall–Kier alpha value is -0.240. The molecule has 1 aliphatic rings. The van der Waals surface area contributed by atoms with Crippen LogP contribution in [-0.2, 0) is 4.79 Å². The third-order valence-electron chi connectivity index (χ3n) is 2.28. The smallest absolute Gasteiger partial charge is 0.321 e. The summed E-state index contributed by atoms with van der Waals surface area (Å²) >= 11 is 5.60. The standard InChI is InChI=1S/C8H13ClO2/c9-7(8(10)11)5-6-3-1-2-4-6/h6-7H,1-5H2,(H,10,11). The molecule has 1 aliphatic carbocycles. The van der Waals surface area contributed by atoms with Crippen LogP contribution in [0.5, 0.6) is 0 Å². The highest BCUT2D eigenvalue weighted by Crippen LogP contribution is 2.29. The van der Waals surface area contributed by atoms with Gasteiger partial charge in [-0.2, -0.15) is 0 Å². The molecule has 0 spiro atoms. The molecule has 1 atom stereocenters. The van der Waals surface area contributed by atoms with E-state index in [1.165, 1.54) is 12.8 Å². The fourth-order valence-electron chi connectivity index (χ4n) is 1.64. The molecule has 0 aromatic heterocycles. The molecule has 3 heteroatoms. The molecule has 1 saturated carbocycles. The molecular formula is C8H13ClO2. The summed E-state index contributed by atoms with van der Waals surface area (Å²) in [6.07, 6.45) is 5.46. The number of hydrogen-bond donors (Lipinski definition) is 1. The zero-order chi connectivity index (χ0) is 8.27. The lowest BCUT2D eigenvalue weighted by atomic mass is 10.0. The molecule has 0 bridgehead atoms. The van der Waals surface area contributed by atoms with Gasteiger partial charge in [-0.3, -0.25) is 4.79 Å². The van der Waals surface area contributed by atoms with Crippen LogP contribution in [0.1, 0.15) is 32.1 Å². The van der Waals surface area contributed by atoms with E-state index in [4.69, 9.17) is 16.7 Å². The highest BCUT2D eigenvalue weighted by atomic mass is 35.5. The first-order valence-electron chi connectivity index (χ1n) is 4.07. The summed E-state index contributed by atoms with van der Waals surface area (Å²) in [5.41, 5.74) is 0. The van der Waals surface area contributed by atoms with E-state index in [-0.39, 0.29) is 0 Å². The normalized spacial score (nSPS) is 21.9. The molecule has 0 saturated heterocycles. The van der Waals surface area contributed by atoms with Crippen molar-refractivity contribution in [3.63, 3.8) is 0 Å². The SMILES string of the molecule is O=C(O)C(Cl)CC1CCCC1. The number of rotatable bonds is 3. The van der Waals surface area contributed by atoms with Gasteiger partial charge in [-0.1, -0.05) is 25.7 Å². The third-order valence-corrected chi connectivity index (χ3v) is 2.65. The van der Waals surface area contributed by atoms with E-state index in [1.54, 1.807) is 0 Å². The summed E-state index contributed by atoms with van der Waals surface area (Å²) in [7, 11) is 0. The zero-order valence-electron chi connectivity index (χ0n) is 6.42. The predicted octanol–water partition coefficient (Wildman–Crippen LogP) is 2.26. The fourth-order valence-corrected chi connectivity index (χ4v) is 1.89. The first-order valence-corrected chi connectivity index (χ1v) is 4.50. The second-order valence-corrected chi connectivity index (χ2v) is 3.72. The van der Waals surface area contributed by atoms with Crippen molar-refractivity contribution >= 4 is 17.6 Å². The number of hydrogen-bond acceptors (Lipinski definition) is 1. The van der Waals surface area contributed by atoms with E-state index in [9.17, 15) is 4.79 Å². The van der Waals surface area contributed by atoms with Gasteiger partial charge in [-0.25, -0.2) is 0 Å². The maximum Gasteiger partial charge on any atom is 0.321 e. The fraction of sp³-hybridized carbons (Fsp3) is 0.875. The minimum absolute atomic E-state index is 0.564. The van der Waals surface area contributed by atoms with E-state index in [0.29, 0.717) is 12.3 Å². The molecule has 1 rings (SSSR count). The van der Waals surface area contributed by atoms with Crippen LogP contribution >= 0.6 is 11.6 Å². The van der Waals surface area contributed by atoms with E-state index < -0.39 is 11.3 Å². The number of carboxylic acids is 1. The first-order chi connectivity index (χ1) is 5.20. The Morgan fingerprint density at radius 1 is 1.55 bits per heavy atom. The number of aliphatic carboxylic acids is 1. The quantitative estimate of drug-likeness (QED) is 0.670. The minimum Gasteiger partial charge on any atom is -0.480 e. The van der Waals surface area contributed by atoms with Gasteiger partial charge in [0.1, 0.15) is 5.38 Å². The largest absolute Gasteiger partial charge is 0.480 e. The van der Waals surface area contributed by atoms with Gasteiger partial charge in [0.2, 0.25) is 0 Å². The molecular weight excluding hydrogens is 164 g/mol. The van der Waals surface area contributed by atoms with Crippen molar-refractivity contribution in [1.29, 1.82) is 0 Å². The van der Waals surface area contributed by atoms with Crippen LogP contribution in [0, 0.1) is 5.92 Å². The molecule has 0 aromatic rings. The molecule has 0 amide bonds. The maximum atomic E-state index is 10.4. The Balaban J connectivity index is 2.23. The van der Waals surface area contributed by atoms with Gasteiger partial charge in [0.05, 0.1) is 0 Å². The van der Waals surface area contributed by atoms with Crippen LogP contribution in [0.4, 0.5) is 0 Å². The second kappa shape index (κ2) is 3.96. The summed E-state index contributed by atoms with van der Waals surface area (Å²) in [5, 5.41) is 7.84. The van der Waals surface area contributed by atoms with Gasteiger partial charge in [-0.15, -0.1) is 11.6 Å². The van der Waals surface area contributed by atoms with Crippen molar-refractivity contribution in [2.45, 2.75) is 37.5 Å². The van der Waals surface area contributed by atoms with Crippen LogP contribution in [0.15, 0.2) is 0 Å². The Bertz CT molecular complexity index is 141. The lowest BCUT2D eigenvalue weighted by molar-refractivity contribution is -0.136. The molecule has 1 fully saturated rings. The average molecular weight is 177 g/mol. The molecule has 2 nitrogen and oxygen atoms in total. The summed E-state index contributed by atoms with van der Waals surface area (Å²) in [6.45, 7) is 0. The lowest BCUT2D eigenvalue weighted by Crippen LogP contribution is -2.16. The van der Waals surface area contributed by atoms with Gasteiger partial charge in [0, 0.05) is 0 Å². The van der Waals surface area contributed by atoms with Crippen molar-refractivity contribution in [2.24, 2.45) is 5.92 Å². The number of carboxylic acid groups (broad SMARTS) is 1. The van der Waals surface area contributed by atoms with Gasteiger partial charge >= 0.3 is 5.97 Å². The maximum absolute atomic E-state index is 10.4. The highest BCUT2D eigenvalue weighted by molar-refractivity contribution is 6.29. The molecule has 1 unspecified atom stereocenters. The molecule has 1 N–H and O–H groups in total. The molecule has 64 valence electrons. The highest BCUT2D eigenvalue weighted by Gasteiger charge is 2.22. The molecule has 0 radical (unpaired) electrons. The van der Waals surface area contributed by atoms with Crippen LogP contribution in [-0.4, -0.2) is 16.5 Å². The van der Waals surface area contributed by atoms with E-state index in [1.807, 2.05) is 0 Å². The predicted molar refractivity (Wildman–Crippen MR) is 43.9 cm³/mol.